The minimum atomic E-state index is -0.261. The Kier molecular flexibility index (Phi) is 2.60. The molecule has 1 aliphatic carbocycles. The Balaban J connectivity index is 2.67. The SMILES string of the molecule is Cc1cc(F)c2c(c1F)C(Br)CCC2. The van der Waals surface area contributed by atoms with Crippen LogP contribution in [-0.2, 0) is 6.42 Å². The number of benzene rings is 1. The second-order valence-electron chi connectivity index (χ2n) is 3.74. The van der Waals surface area contributed by atoms with Crippen LogP contribution < -0.4 is 0 Å². The lowest BCUT2D eigenvalue weighted by Gasteiger charge is -2.22. The van der Waals surface area contributed by atoms with Crippen LogP contribution in [0.15, 0.2) is 6.07 Å². The minimum absolute atomic E-state index is 0.0272. The topological polar surface area (TPSA) is 0 Å². The molecule has 0 aromatic heterocycles. The zero-order valence-corrected chi connectivity index (χ0v) is 9.50. The molecule has 1 aromatic carbocycles. The number of rotatable bonds is 0. The predicted molar refractivity (Wildman–Crippen MR) is 55.7 cm³/mol. The highest BCUT2D eigenvalue weighted by Gasteiger charge is 2.25. The lowest BCUT2D eigenvalue weighted by molar-refractivity contribution is 0.532. The van der Waals surface area contributed by atoms with E-state index in [9.17, 15) is 8.78 Å². The fourth-order valence-electron chi connectivity index (χ4n) is 2.00. The molecule has 1 aromatic rings. The minimum Gasteiger partial charge on any atom is -0.207 e. The zero-order valence-electron chi connectivity index (χ0n) is 7.91. The predicted octanol–water partition coefficient (Wildman–Crippen LogP) is 4.05. The standard InChI is InChI=1S/C11H11BrF2/c1-6-5-9(13)7-3-2-4-8(12)10(7)11(6)14/h5,8H,2-4H2,1H3. The molecule has 0 nitrogen and oxygen atoms in total. The molecule has 0 fully saturated rings. The highest BCUT2D eigenvalue weighted by atomic mass is 79.9. The largest absolute Gasteiger partial charge is 0.207 e. The van der Waals surface area contributed by atoms with Crippen LogP contribution in [0.5, 0.6) is 0 Å². The first kappa shape index (κ1) is 10.1. The fourth-order valence-corrected chi connectivity index (χ4v) is 2.80. The van der Waals surface area contributed by atoms with Crippen molar-refractivity contribution in [2.45, 2.75) is 31.0 Å². The summed E-state index contributed by atoms with van der Waals surface area (Å²) in [5, 5.41) is 0. The molecule has 0 heterocycles. The quantitative estimate of drug-likeness (QED) is 0.618. The molecule has 0 radical (unpaired) electrons. The molecule has 1 aliphatic rings. The molecule has 3 heteroatoms. The van der Waals surface area contributed by atoms with Crippen LogP contribution in [0.4, 0.5) is 8.78 Å². The molecule has 0 aliphatic heterocycles. The van der Waals surface area contributed by atoms with Crippen LogP contribution in [0.25, 0.3) is 0 Å². The molecular weight excluding hydrogens is 250 g/mol. The van der Waals surface area contributed by atoms with Crippen LogP contribution in [0.3, 0.4) is 0 Å². The normalized spacial score (nSPS) is 20.7. The van der Waals surface area contributed by atoms with Crippen LogP contribution in [-0.4, -0.2) is 0 Å². The van der Waals surface area contributed by atoms with E-state index >= 15 is 0 Å². The summed E-state index contributed by atoms with van der Waals surface area (Å²) in [6.45, 7) is 1.60. The van der Waals surface area contributed by atoms with Gasteiger partial charge in [0, 0.05) is 10.4 Å². The summed E-state index contributed by atoms with van der Waals surface area (Å²) in [4.78, 5) is -0.0272. The van der Waals surface area contributed by atoms with Gasteiger partial charge >= 0.3 is 0 Å². The van der Waals surface area contributed by atoms with Gasteiger partial charge in [0.1, 0.15) is 11.6 Å². The Bertz CT molecular complexity index is 374. The highest BCUT2D eigenvalue weighted by molar-refractivity contribution is 9.09. The van der Waals surface area contributed by atoms with E-state index in [-0.39, 0.29) is 16.5 Å². The monoisotopic (exact) mass is 260 g/mol. The molecule has 0 saturated carbocycles. The first-order valence-corrected chi connectivity index (χ1v) is 5.64. The average Bonchev–Trinajstić information content (AvgIpc) is 2.14. The third-order valence-corrected chi connectivity index (χ3v) is 3.65. The molecule has 2 rings (SSSR count). The summed E-state index contributed by atoms with van der Waals surface area (Å²) in [5.41, 5.74) is 1.49. The fraction of sp³-hybridized carbons (Fsp3) is 0.455. The van der Waals surface area contributed by atoms with Crippen LogP contribution in [0.1, 0.15) is 34.4 Å². The van der Waals surface area contributed by atoms with E-state index in [0.29, 0.717) is 23.1 Å². The number of fused-ring (bicyclic) bond motifs is 1. The highest BCUT2D eigenvalue weighted by Crippen LogP contribution is 2.39. The Morgan fingerprint density at radius 3 is 2.86 bits per heavy atom. The summed E-state index contributed by atoms with van der Waals surface area (Å²) >= 11 is 3.40. The molecule has 0 spiro atoms. The van der Waals surface area contributed by atoms with Crippen molar-refractivity contribution in [3.05, 3.63) is 34.4 Å². The molecule has 1 unspecified atom stereocenters. The number of aryl methyl sites for hydroxylation is 1. The van der Waals surface area contributed by atoms with Gasteiger partial charge in [-0.15, -0.1) is 0 Å². The van der Waals surface area contributed by atoms with E-state index in [1.807, 2.05) is 0 Å². The van der Waals surface area contributed by atoms with Gasteiger partial charge in [-0.1, -0.05) is 15.9 Å². The van der Waals surface area contributed by atoms with Crippen molar-refractivity contribution in [2.75, 3.05) is 0 Å². The van der Waals surface area contributed by atoms with Crippen molar-refractivity contribution in [2.24, 2.45) is 0 Å². The van der Waals surface area contributed by atoms with Gasteiger partial charge < -0.3 is 0 Å². The van der Waals surface area contributed by atoms with E-state index in [1.165, 1.54) is 6.07 Å². The first-order chi connectivity index (χ1) is 6.61. The number of alkyl halides is 1. The van der Waals surface area contributed by atoms with Gasteiger partial charge in [0.2, 0.25) is 0 Å². The number of hydrogen-bond donors (Lipinski definition) is 0. The lowest BCUT2D eigenvalue weighted by atomic mass is 9.89. The van der Waals surface area contributed by atoms with Crippen molar-refractivity contribution < 1.29 is 8.78 Å². The van der Waals surface area contributed by atoms with Crippen molar-refractivity contribution in [1.82, 2.24) is 0 Å². The number of halogens is 3. The third kappa shape index (κ3) is 1.48. The van der Waals surface area contributed by atoms with Crippen LogP contribution in [0.2, 0.25) is 0 Å². The lowest BCUT2D eigenvalue weighted by Crippen LogP contribution is -2.11. The molecule has 0 N–H and O–H groups in total. The first-order valence-electron chi connectivity index (χ1n) is 4.72. The molecule has 0 amide bonds. The molecule has 0 saturated heterocycles. The van der Waals surface area contributed by atoms with Gasteiger partial charge in [-0.2, -0.15) is 0 Å². The maximum absolute atomic E-state index is 13.7. The second kappa shape index (κ2) is 3.61. The third-order valence-electron chi connectivity index (χ3n) is 2.74. The van der Waals surface area contributed by atoms with Crippen LogP contribution in [0, 0.1) is 18.6 Å². The van der Waals surface area contributed by atoms with Gasteiger partial charge in [-0.3, -0.25) is 0 Å². The van der Waals surface area contributed by atoms with Gasteiger partial charge in [-0.05, 0) is 43.4 Å². The molecule has 76 valence electrons. The van der Waals surface area contributed by atoms with E-state index in [1.54, 1.807) is 6.92 Å². The summed E-state index contributed by atoms with van der Waals surface area (Å²) in [6.07, 6.45) is 2.45. The molecule has 14 heavy (non-hydrogen) atoms. The van der Waals surface area contributed by atoms with Crippen molar-refractivity contribution in [1.29, 1.82) is 0 Å². The van der Waals surface area contributed by atoms with Crippen molar-refractivity contribution >= 4 is 15.9 Å². The Morgan fingerprint density at radius 1 is 1.43 bits per heavy atom. The van der Waals surface area contributed by atoms with Gasteiger partial charge in [-0.25, -0.2) is 8.78 Å². The number of hydrogen-bond acceptors (Lipinski definition) is 0. The van der Waals surface area contributed by atoms with E-state index < -0.39 is 0 Å². The summed E-state index contributed by atoms with van der Waals surface area (Å²) in [6, 6.07) is 1.29. The summed E-state index contributed by atoms with van der Waals surface area (Å²) in [7, 11) is 0. The Morgan fingerprint density at radius 2 is 2.14 bits per heavy atom. The Labute approximate surface area is 90.4 Å². The zero-order chi connectivity index (χ0) is 10.3. The van der Waals surface area contributed by atoms with E-state index in [0.717, 1.165) is 12.8 Å². The Hall–Kier alpha value is -0.440. The van der Waals surface area contributed by atoms with Gasteiger partial charge in [0.15, 0.2) is 0 Å². The summed E-state index contributed by atoms with van der Waals surface area (Å²) in [5.74, 6) is -0.508. The van der Waals surface area contributed by atoms with E-state index in [4.69, 9.17) is 0 Å². The molecule has 0 bridgehead atoms. The molecule has 1 atom stereocenters. The van der Waals surface area contributed by atoms with E-state index in [2.05, 4.69) is 15.9 Å². The summed E-state index contributed by atoms with van der Waals surface area (Å²) < 4.78 is 27.2. The van der Waals surface area contributed by atoms with Crippen LogP contribution >= 0.6 is 15.9 Å². The maximum atomic E-state index is 13.7. The van der Waals surface area contributed by atoms with Crippen molar-refractivity contribution in [3.63, 3.8) is 0 Å². The molecular formula is C11H11BrF2. The van der Waals surface area contributed by atoms with Gasteiger partial charge in [0.05, 0.1) is 0 Å². The maximum Gasteiger partial charge on any atom is 0.130 e. The van der Waals surface area contributed by atoms with Crippen molar-refractivity contribution in [3.8, 4) is 0 Å². The average molecular weight is 261 g/mol. The van der Waals surface area contributed by atoms with Gasteiger partial charge in [0.25, 0.3) is 0 Å². The second-order valence-corrected chi connectivity index (χ2v) is 4.85. The smallest absolute Gasteiger partial charge is 0.130 e.